The van der Waals surface area contributed by atoms with Gasteiger partial charge in [0.15, 0.2) is 5.69 Å². The number of nitrogens with one attached hydrogen (secondary N) is 1. The maximum atomic E-state index is 13.0. The smallest absolute Gasteiger partial charge is 0.305 e. The zero-order chi connectivity index (χ0) is 21.9. The topological polar surface area (TPSA) is 81.8 Å². The Labute approximate surface area is 170 Å². The molecule has 2 heterocycles. The number of rotatable bonds is 6. The van der Waals surface area contributed by atoms with Gasteiger partial charge in [-0.05, 0) is 31.5 Å². The van der Waals surface area contributed by atoms with Crippen LogP contribution in [0.3, 0.4) is 0 Å². The first-order valence-corrected chi connectivity index (χ1v) is 9.32. The first-order chi connectivity index (χ1) is 14.2. The first kappa shape index (κ1) is 21.3. The van der Waals surface area contributed by atoms with E-state index >= 15 is 0 Å². The summed E-state index contributed by atoms with van der Waals surface area (Å²) in [5.74, 6) is -0.361. The molecule has 30 heavy (non-hydrogen) atoms. The lowest BCUT2D eigenvalue weighted by Gasteiger charge is -2.14. The zero-order valence-electron chi connectivity index (χ0n) is 16.4. The minimum absolute atomic E-state index is 0.0874. The fourth-order valence-electron chi connectivity index (χ4n) is 2.88. The maximum Gasteiger partial charge on any atom is 0.416 e. The molecular formula is C20H20F3N5O2. The van der Waals surface area contributed by atoms with Crippen molar-refractivity contribution in [3.63, 3.8) is 0 Å². The average molecular weight is 419 g/mol. The lowest BCUT2D eigenvalue weighted by molar-refractivity contribution is -0.137. The average Bonchev–Trinajstić information content (AvgIpc) is 3.12. The van der Waals surface area contributed by atoms with Gasteiger partial charge in [0.25, 0.3) is 5.91 Å². The van der Waals surface area contributed by atoms with Gasteiger partial charge in [-0.1, -0.05) is 19.4 Å². The molecule has 158 valence electrons. The van der Waals surface area contributed by atoms with Crippen LogP contribution in [0.1, 0.15) is 41.5 Å². The highest BCUT2D eigenvalue weighted by Crippen LogP contribution is 2.30. The number of nitrogens with zero attached hydrogens (tertiary/aromatic N) is 4. The molecule has 0 spiro atoms. The van der Waals surface area contributed by atoms with Crippen molar-refractivity contribution in [3.05, 3.63) is 69.8 Å². The standard InChI is InChI=1S/C20H20F3N5O2/c1-3-4-10-27-17(8-9-24-27)25-19(30)18-16(29)11-13(2)28(26-18)15-7-5-6-14(12-15)20(21,22)23/h5-9,11-12H,3-4,10H2,1-2H3,(H,25,30). The largest absolute Gasteiger partial charge is 0.416 e. The number of alkyl halides is 3. The van der Waals surface area contributed by atoms with Crippen molar-refractivity contribution in [3.8, 4) is 5.69 Å². The van der Waals surface area contributed by atoms with E-state index in [1.807, 2.05) is 6.92 Å². The predicted octanol–water partition coefficient (Wildman–Crippen LogP) is 3.81. The SMILES string of the molecule is CCCCn1nccc1NC(=O)c1nn(-c2cccc(C(F)(F)F)c2)c(C)cc1=O. The molecule has 0 radical (unpaired) electrons. The molecule has 0 saturated carbocycles. The van der Waals surface area contributed by atoms with Crippen LogP contribution in [0.25, 0.3) is 5.69 Å². The van der Waals surface area contributed by atoms with Crippen LogP contribution < -0.4 is 10.7 Å². The van der Waals surface area contributed by atoms with E-state index in [0.29, 0.717) is 18.1 Å². The third-order valence-electron chi connectivity index (χ3n) is 4.42. The van der Waals surface area contributed by atoms with Crippen LogP contribution in [-0.4, -0.2) is 25.5 Å². The van der Waals surface area contributed by atoms with Crippen molar-refractivity contribution < 1.29 is 18.0 Å². The van der Waals surface area contributed by atoms with E-state index in [2.05, 4.69) is 15.5 Å². The highest BCUT2D eigenvalue weighted by Gasteiger charge is 2.30. The Balaban J connectivity index is 1.95. The first-order valence-electron chi connectivity index (χ1n) is 9.32. The summed E-state index contributed by atoms with van der Waals surface area (Å²) in [5.41, 5.74) is -1.53. The lowest BCUT2D eigenvalue weighted by Crippen LogP contribution is -2.27. The van der Waals surface area contributed by atoms with Crippen LogP contribution in [0.4, 0.5) is 19.0 Å². The molecule has 3 rings (SSSR count). The van der Waals surface area contributed by atoms with Crippen LogP contribution in [0, 0.1) is 6.92 Å². The molecule has 2 aromatic heterocycles. The normalized spacial score (nSPS) is 11.5. The molecule has 0 aliphatic heterocycles. The van der Waals surface area contributed by atoms with Gasteiger partial charge in [-0.25, -0.2) is 9.36 Å². The van der Waals surface area contributed by atoms with E-state index in [-0.39, 0.29) is 5.69 Å². The molecule has 1 aromatic carbocycles. The van der Waals surface area contributed by atoms with Gasteiger partial charge in [0.1, 0.15) is 5.82 Å². The number of unbranched alkanes of at least 4 members (excludes halogenated alkanes) is 1. The molecule has 0 aliphatic carbocycles. The van der Waals surface area contributed by atoms with Gasteiger partial charge >= 0.3 is 6.18 Å². The highest BCUT2D eigenvalue weighted by molar-refractivity contribution is 6.02. The summed E-state index contributed by atoms with van der Waals surface area (Å²) in [5, 5.41) is 10.8. The lowest BCUT2D eigenvalue weighted by atomic mass is 10.2. The number of carbonyl (C=O) groups is 1. The van der Waals surface area contributed by atoms with Crippen LogP contribution >= 0.6 is 0 Å². The van der Waals surface area contributed by atoms with Crippen molar-refractivity contribution in [2.45, 2.75) is 39.4 Å². The van der Waals surface area contributed by atoms with E-state index in [9.17, 15) is 22.8 Å². The van der Waals surface area contributed by atoms with E-state index in [0.717, 1.165) is 35.7 Å². The van der Waals surface area contributed by atoms with Crippen LogP contribution in [-0.2, 0) is 12.7 Å². The second-order valence-electron chi connectivity index (χ2n) is 6.71. The molecule has 1 amide bonds. The predicted molar refractivity (Wildman–Crippen MR) is 105 cm³/mol. The molecule has 0 unspecified atom stereocenters. The monoisotopic (exact) mass is 419 g/mol. The van der Waals surface area contributed by atoms with Gasteiger partial charge in [-0.15, -0.1) is 0 Å². The summed E-state index contributed by atoms with van der Waals surface area (Å²) in [6, 6.07) is 7.26. The number of hydrogen-bond acceptors (Lipinski definition) is 4. The van der Waals surface area contributed by atoms with Gasteiger partial charge in [-0.2, -0.15) is 23.4 Å². The number of benzene rings is 1. The van der Waals surface area contributed by atoms with E-state index in [1.54, 1.807) is 10.7 Å². The number of amides is 1. The quantitative estimate of drug-likeness (QED) is 0.659. The molecule has 0 aliphatic rings. The number of carbonyl (C=O) groups excluding carboxylic acids is 1. The second kappa shape index (κ2) is 8.52. The molecule has 0 saturated heterocycles. The molecular weight excluding hydrogens is 399 g/mol. The number of aromatic nitrogens is 4. The number of halogens is 3. The fourth-order valence-corrected chi connectivity index (χ4v) is 2.88. The van der Waals surface area contributed by atoms with Crippen LogP contribution in [0.15, 0.2) is 47.4 Å². The number of anilines is 1. The summed E-state index contributed by atoms with van der Waals surface area (Å²) in [7, 11) is 0. The van der Waals surface area contributed by atoms with Gasteiger partial charge in [0.05, 0.1) is 17.4 Å². The minimum Gasteiger partial charge on any atom is -0.305 e. The Morgan fingerprint density at radius 1 is 1.20 bits per heavy atom. The van der Waals surface area contributed by atoms with E-state index < -0.39 is 28.8 Å². The van der Waals surface area contributed by atoms with E-state index in [1.165, 1.54) is 25.3 Å². The van der Waals surface area contributed by atoms with Gasteiger partial charge in [-0.3, -0.25) is 9.59 Å². The van der Waals surface area contributed by atoms with Crippen molar-refractivity contribution >= 4 is 11.7 Å². The third kappa shape index (κ3) is 4.58. The molecule has 3 aromatic rings. The van der Waals surface area contributed by atoms with Crippen molar-refractivity contribution in [1.29, 1.82) is 0 Å². The van der Waals surface area contributed by atoms with Crippen molar-refractivity contribution in [1.82, 2.24) is 19.6 Å². The Morgan fingerprint density at radius 3 is 2.67 bits per heavy atom. The van der Waals surface area contributed by atoms with Crippen molar-refractivity contribution in [2.24, 2.45) is 0 Å². The van der Waals surface area contributed by atoms with Crippen LogP contribution in [0.2, 0.25) is 0 Å². The Hall–Kier alpha value is -3.43. The molecule has 1 N–H and O–H groups in total. The summed E-state index contributed by atoms with van der Waals surface area (Å²) in [6.07, 6.45) is -1.21. The summed E-state index contributed by atoms with van der Waals surface area (Å²) in [4.78, 5) is 25.0. The number of aryl methyl sites for hydroxylation is 2. The molecule has 0 atom stereocenters. The van der Waals surface area contributed by atoms with Crippen molar-refractivity contribution in [2.75, 3.05) is 5.32 Å². The molecule has 0 bridgehead atoms. The molecule has 0 fully saturated rings. The molecule has 10 heteroatoms. The number of hydrogen-bond donors (Lipinski definition) is 1. The van der Waals surface area contributed by atoms with Gasteiger partial charge in [0, 0.05) is 24.4 Å². The van der Waals surface area contributed by atoms with Gasteiger partial charge in [0.2, 0.25) is 5.43 Å². The Kier molecular flexibility index (Phi) is 6.04. The second-order valence-corrected chi connectivity index (χ2v) is 6.71. The zero-order valence-corrected chi connectivity index (χ0v) is 16.4. The highest BCUT2D eigenvalue weighted by atomic mass is 19.4. The fraction of sp³-hybridized carbons (Fsp3) is 0.300. The summed E-state index contributed by atoms with van der Waals surface area (Å²) < 4.78 is 41.9. The Morgan fingerprint density at radius 2 is 1.97 bits per heavy atom. The van der Waals surface area contributed by atoms with E-state index in [4.69, 9.17) is 0 Å². The summed E-state index contributed by atoms with van der Waals surface area (Å²) >= 11 is 0. The minimum atomic E-state index is -4.53. The maximum absolute atomic E-state index is 13.0. The Bertz CT molecular complexity index is 1120. The third-order valence-corrected chi connectivity index (χ3v) is 4.42. The van der Waals surface area contributed by atoms with Crippen LogP contribution in [0.5, 0.6) is 0 Å². The van der Waals surface area contributed by atoms with Gasteiger partial charge < -0.3 is 5.32 Å². The summed E-state index contributed by atoms with van der Waals surface area (Å²) in [6.45, 7) is 4.14. The molecule has 7 nitrogen and oxygen atoms in total.